The molecule has 1 fully saturated rings. The summed E-state index contributed by atoms with van der Waals surface area (Å²) in [5.41, 5.74) is 0.659. The normalized spacial score (nSPS) is 15.5. The molecule has 2 aromatic carbocycles. The van der Waals surface area contributed by atoms with Crippen molar-refractivity contribution in [2.45, 2.75) is 25.3 Å². The van der Waals surface area contributed by atoms with Crippen molar-refractivity contribution in [3.8, 4) is 11.5 Å². The Balaban J connectivity index is 1.36. The molecule has 1 aliphatic rings. The van der Waals surface area contributed by atoms with Gasteiger partial charge in [-0.3, -0.25) is 4.79 Å². The number of ether oxygens (including phenoxy) is 1. The lowest BCUT2D eigenvalue weighted by Crippen LogP contribution is -2.42. The zero-order valence-electron chi connectivity index (χ0n) is 16.9. The van der Waals surface area contributed by atoms with Crippen molar-refractivity contribution >= 4 is 5.91 Å². The lowest BCUT2D eigenvalue weighted by Gasteiger charge is -2.35. The van der Waals surface area contributed by atoms with E-state index < -0.39 is 0 Å². The van der Waals surface area contributed by atoms with Gasteiger partial charge in [0.25, 0.3) is 5.91 Å². The molecular weight excluding hydrogens is 350 g/mol. The number of carbonyl (C=O) groups is 1. The van der Waals surface area contributed by atoms with E-state index >= 15 is 0 Å². The van der Waals surface area contributed by atoms with Gasteiger partial charge in [-0.05, 0) is 89.4 Å². The van der Waals surface area contributed by atoms with E-state index in [2.05, 4.69) is 29.2 Å². The Morgan fingerprint density at radius 2 is 1.68 bits per heavy atom. The molecule has 0 unspecified atom stereocenters. The molecule has 1 heterocycles. The van der Waals surface area contributed by atoms with E-state index in [4.69, 9.17) is 4.74 Å². The van der Waals surface area contributed by atoms with Crippen LogP contribution in [0.3, 0.4) is 0 Å². The molecule has 0 atom stereocenters. The molecule has 0 bridgehead atoms. The Bertz CT molecular complexity index is 723. The first kappa shape index (κ1) is 20.4. The second-order valence-corrected chi connectivity index (χ2v) is 7.59. The van der Waals surface area contributed by atoms with E-state index in [1.807, 2.05) is 42.5 Å². The van der Waals surface area contributed by atoms with Crippen LogP contribution < -0.4 is 10.1 Å². The highest BCUT2D eigenvalue weighted by Crippen LogP contribution is 2.21. The molecule has 150 valence electrons. The second-order valence-electron chi connectivity index (χ2n) is 7.59. The van der Waals surface area contributed by atoms with Crippen molar-refractivity contribution in [2.75, 3.05) is 40.3 Å². The number of nitrogens with zero attached hydrogens (tertiary/aromatic N) is 2. The van der Waals surface area contributed by atoms with Gasteiger partial charge < -0.3 is 19.9 Å². The maximum Gasteiger partial charge on any atom is 0.251 e. The second kappa shape index (κ2) is 10.2. The van der Waals surface area contributed by atoms with E-state index in [1.165, 1.54) is 12.8 Å². The molecule has 3 rings (SSSR count). The standard InChI is InChI=1S/C23H31N3O2/c1-25(2)20-13-17-26(18-14-20)16-6-15-24-23(27)19-9-11-22(12-10-19)28-21-7-4-3-5-8-21/h3-5,7-12,20H,6,13-18H2,1-2H3,(H,24,27). The molecule has 28 heavy (non-hydrogen) atoms. The van der Waals surface area contributed by atoms with Crippen LogP contribution in [-0.2, 0) is 0 Å². The molecule has 0 aromatic heterocycles. The number of benzene rings is 2. The van der Waals surface area contributed by atoms with Gasteiger partial charge >= 0.3 is 0 Å². The number of hydrogen-bond donors (Lipinski definition) is 1. The molecular formula is C23H31N3O2. The Hall–Kier alpha value is -2.37. The highest BCUT2D eigenvalue weighted by molar-refractivity contribution is 5.94. The molecule has 0 saturated carbocycles. The largest absolute Gasteiger partial charge is 0.457 e. The van der Waals surface area contributed by atoms with Crippen molar-refractivity contribution in [1.82, 2.24) is 15.1 Å². The summed E-state index contributed by atoms with van der Waals surface area (Å²) in [6, 6.07) is 17.6. The van der Waals surface area contributed by atoms with E-state index in [0.29, 0.717) is 18.2 Å². The number of para-hydroxylation sites is 1. The van der Waals surface area contributed by atoms with Gasteiger partial charge in [0.1, 0.15) is 11.5 Å². The summed E-state index contributed by atoms with van der Waals surface area (Å²) in [5, 5.41) is 3.02. The van der Waals surface area contributed by atoms with Gasteiger partial charge in [-0.15, -0.1) is 0 Å². The Labute approximate surface area is 168 Å². The average molecular weight is 382 g/mol. The minimum absolute atomic E-state index is 0.0300. The van der Waals surface area contributed by atoms with Crippen LogP contribution >= 0.6 is 0 Å². The van der Waals surface area contributed by atoms with Gasteiger partial charge in [0, 0.05) is 18.2 Å². The molecule has 0 radical (unpaired) electrons. The van der Waals surface area contributed by atoms with Crippen LogP contribution in [0.15, 0.2) is 54.6 Å². The summed E-state index contributed by atoms with van der Waals surface area (Å²) in [6.45, 7) is 4.05. The third-order valence-corrected chi connectivity index (χ3v) is 5.32. The summed E-state index contributed by atoms with van der Waals surface area (Å²) in [5.74, 6) is 1.48. The van der Waals surface area contributed by atoms with Gasteiger partial charge in [-0.2, -0.15) is 0 Å². The van der Waals surface area contributed by atoms with E-state index in [1.54, 1.807) is 12.1 Å². The molecule has 5 nitrogen and oxygen atoms in total. The molecule has 0 spiro atoms. The van der Waals surface area contributed by atoms with Gasteiger partial charge in [0.05, 0.1) is 0 Å². The number of hydrogen-bond acceptors (Lipinski definition) is 4. The summed E-state index contributed by atoms with van der Waals surface area (Å²) in [4.78, 5) is 17.1. The zero-order valence-corrected chi connectivity index (χ0v) is 16.9. The van der Waals surface area contributed by atoms with Crippen LogP contribution in [0.2, 0.25) is 0 Å². The van der Waals surface area contributed by atoms with Gasteiger partial charge in [0.15, 0.2) is 0 Å². The van der Waals surface area contributed by atoms with Crippen LogP contribution in [0.4, 0.5) is 0 Å². The number of nitrogens with one attached hydrogen (secondary N) is 1. The minimum atomic E-state index is -0.0300. The van der Waals surface area contributed by atoms with Gasteiger partial charge in [-0.1, -0.05) is 18.2 Å². The van der Waals surface area contributed by atoms with Crippen LogP contribution in [-0.4, -0.2) is 62.0 Å². The molecule has 2 aromatic rings. The topological polar surface area (TPSA) is 44.8 Å². The number of piperidine rings is 1. The quantitative estimate of drug-likeness (QED) is 0.710. The maximum atomic E-state index is 12.3. The van der Waals surface area contributed by atoms with Crippen molar-refractivity contribution in [3.63, 3.8) is 0 Å². The summed E-state index contributed by atoms with van der Waals surface area (Å²) in [7, 11) is 4.33. The fourth-order valence-corrected chi connectivity index (χ4v) is 3.56. The van der Waals surface area contributed by atoms with Crippen molar-refractivity contribution in [3.05, 3.63) is 60.2 Å². The van der Waals surface area contributed by atoms with Crippen molar-refractivity contribution < 1.29 is 9.53 Å². The average Bonchev–Trinajstić information content (AvgIpc) is 2.72. The van der Waals surface area contributed by atoms with E-state index in [-0.39, 0.29) is 5.91 Å². The van der Waals surface area contributed by atoms with Crippen molar-refractivity contribution in [2.24, 2.45) is 0 Å². The predicted octanol–water partition coefficient (Wildman–Crippen LogP) is 3.62. The summed E-state index contributed by atoms with van der Waals surface area (Å²) >= 11 is 0. The number of amides is 1. The molecule has 1 amide bonds. The number of likely N-dealkylation sites (tertiary alicyclic amines) is 1. The third kappa shape index (κ3) is 6.08. The first-order valence-electron chi connectivity index (χ1n) is 10.1. The van der Waals surface area contributed by atoms with E-state index in [9.17, 15) is 4.79 Å². The minimum Gasteiger partial charge on any atom is -0.457 e. The summed E-state index contributed by atoms with van der Waals surface area (Å²) in [6.07, 6.45) is 3.45. The fourth-order valence-electron chi connectivity index (χ4n) is 3.56. The van der Waals surface area contributed by atoms with E-state index in [0.717, 1.165) is 37.6 Å². The Kier molecular flexibility index (Phi) is 7.46. The molecule has 1 saturated heterocycles. The van der Waals surface area contributed by atoms with Gasteiger partial charge in [0.2, 0.25) is 0 Å². The highest BCUT2D eigenvalue weighted by Gasteiger charge is 2.19. The zero-order chi connectivity index (χ0) is 19.8. The molecule has 1 aliphatic heterocycles. The summed E-state index contributed by atoms with van der Waals surface area (Å²) < 4.78 is 5.76. The van der Waals surface area contributed by atoms with Crippen LogP contribution in [0.25, 0.3) is 0 Å². The Morgan fingerprint density at radius 3 is 2.32 bits per heavy atom. The SMILES string of the molecule is CN(C)C1CCN(CCCNC(=O)c2ccc(Oc3ccccc3)cc2)CC1. The van der Waals surface area contributed by atoms with Crippen LogP contribution in [0.1, 0.15) is 29.6 Å². The molecule has 0 aliphatic carbocycles. The smallest absolute Gasteiger partial charge is 0.251 e. The maximum absolute atomic E-state index is 12.3. The highest BCUT2D eigenvalue weighted by atomic mass is 16.5. The predicted molar refractivity (Wildman–Crippen MR) is 113 cm³/mol. The lowest BCUT2D eigenvalue weighted by atomic mass is 10.0. The fraction of sp³-hybridized carbons (Fsp3) is 0.435. The number of rotatable bonds is 8. The van der Waals surface area contributed by atoms with Crippen LogP contribution in [0.5, 0.6) is 11.5 Å². The van der Waals surface area contributed by atoms with Crippen LogP contribution in [0, 0.1) is 0 Å². The lowest BCUT2D eigenvalue weighted by molar-refractivity contribution is 0.0949. The molecule has 5 heteroatoms. The monoisotopic (exact) mass is 381 g/mol. The molecule has 1 N–H and O–H groups in total. The Morgan fingerprint density at radius 1 is 1.04 bits per heavy atom. The third-order valence-electron chi connectivity index (χ3n) is 5.32. The number of carbonyl (C=O) groups excluding carboxylic acids is 1. The van der Waals surface area contributed by atoms with Gasteiger partial charge in [-0.25, -0.2) is 0 Å². The van der Waals surface area contributed by atoms with Crippen molar-refractivity contribution in [1.29, 1.82) is 0 Å². The first-order valence-corrected chi connectivity index (χ1v) is 10.1. The first-order chi connectivity index (χ1) is 13.6.